The normalized spacial score (nSPS) is 15.7. The number of benzene rings is 1. The highest BCUT2D eigenvalue weighted by atomic mass is 32.2. The average molecular weight is 356 g/mol. The lowest BCUT2D eigenvalue weighted by Crippen LogP contribution is -2.39. The molecule has 1 aromatic carbocycles. The van der Waals surface area contributed by atoms with Gasteiger partial charge in [0, 0.05) is 37.7 Å². The van der Waals surface area contributed by atoms with Gasteiger partial charge in [0.2, 0.25) is 15.9 Å². The van der Waals surface area contributed by atoms with Gasteiger partial charge >= 0.3 is 0 Å². The van der Waals surface area contributed by atoms with E-state index in [1.807, 2.05) is 0 Å². The number of hydrogen-bond acceptors (Lipinski definition) is 6. The fraction of sp³-hybridized carbons (Fsp3) is 0.500. The fourth-order valence-corrected chi connectivity index (χ4v) is 3.23. The van der Waals surface area contributed by atoms with E-state index in [1.165, 1.54) is 18.2 Å². The van der Waals surface area contributed by atoms with Crippen LogP contribution in [0.3, 0.4) is 0 Å². The molecule has 0 aliphatic heterocycles. The number of nitrogens with two attached hydrogens (primary N) is 1. The van der Waals surface area contributed by atoms with Crippen molar-refractivity contribution in [3.8, 4) is 0 Å². The van der Waals surface area contributed by atoms with Crippen LogP contribution in [-0.4, -0.2) is 38.4 Å². The van der Waals surface area contributed by atoms with Crippen molar-refractivity contribution in [1.29, 1.82) is 0 Å². The summed E-state index contributed by atoms with van der Waals surface area (Å²) in [6.45, 7) is 0.274. The largest absolute Gasteiger partial charge is 0.354 e. The fourth-order valence-electron chi connectivity index (χ4n) is 2.16. The molecule has 0 radical (unpaired) electrons. The zero-order valence-electron chi connectivity index (χ0n) is 13.0. The Hall–Kier alpha value is -2.04. The number of carbonyl (C=O) groups is 1. The van der Waals surface area contributed by atoms with Gasteiger partial charge in [-0.1, -0.05) is 6.07 Å². The van der Waals surface area contributed by atoms with Gasteiger partial charge in [0.1, 0.15) is 0 Å². The highest BCUT2D eigenvalue weighted by molar-refractivity contribution is 7.89. The second kappa shape index (κ2) is 7.69. The average Bonchev–Trinajstić information content (AvgIpc) is 3.37. The second-order valence-corrected chi connectivity index (χ2v) is 7.47. The van der Waals surface area contributed by atoms with Gasteiger partial charge in [-0.25, -0.2) is 13.1 Å². The smallest absolute Gasteiger partial charge is 0.270 e. The Bertz CT molecular complexity index is 718. The van der Waals surface area contributed by atoms with E-state index in [1.54, 1.807) is 0 Å². The molecule has 10 heteroatoms. The van der Waals surface area contributed by atoms with Crippen LogP contribution in [0.15, 0.2) is 29.2 Å². The maximum atomic E-state index is 12.1. The molecule has 24 heavy (non-hydrogen) atoms. The number of non-ortho nitro benzene ring substituents is 1. The minimum Gasteiger partial charge on any atom is -0.354 e. The van der Waals surface area contributed by atoms with Crippen LogP contribution in [0, 0.1) is 16.0 Å². The predicted molar refractivity (Wildman–Crippen MR) is 86.6 cm³/mol. The summed E-state index contributed by atoms with van der Waals surface area (Å²) in [5, 5.41) is 13.4. The molecule has 1 fully saturated rings. The van der Waals surface area contributed by atoms with E-state index in [2.05, 4.69) is 10.0 Å². The summed E-state index contributed by atoms with van der Waals surface area (Å²) in [6, 6.07) is 4.66. The Morgan fingerprint density at radius 1 is 1.42 bits per heavy atom. The number of rotatable bonds is 9. The van der Waals surface area contributed by atoms with Crippen molar-refractivity contribution in [2.75, 3.05) is 13.1 Å². The van der Waals surface area contributed by atoms with Crippen molar-refractivity contribution in [1.82, 2.24) is 10.0 Å². The van der Waals surface area contributed by atoms with E-state index in [0.717, 1.165) is 18.9 Å². The van der Waals surface area contributed by atoms with Crippen molar-refractivity contribution in [2.45, 2.75) is 30.2 Å². The SMILES string of the molecule is NC(CNC(=O)CCNS(=O)(=O)c1cccc([N+](=O)[O-])c1)C1CC1. The van der Waals surface area contributed by atoms with Gasteiger partial charge in [-0.05, 0) is 24.8 Å². The minimum atomic E-state index is -3.91. The van der Waals surface area contributed by atoms with E-state index in [0.29, 0.717) is 12.5 Å². The predicted octanol–water partition coefficient (Wildman–Crippen LogP) is 0.117. The van der Waals surface area contributed by atoms with Crippen molar-refractivity contribution >= 4 is 21.6 Å². The van der Waals surface area contributed by atoms with Crippen molar-refractivity contribution in [3.63, 3.8) is 0 Å². The van der Waals surface area contributed by atoms with E-state index in [4.69, 9.17) is 5.73 Å². The molecule has 0 aromatic heterocycles. The number of sulfonamides is 1. The third-order valence-corrected chi connectivity index (χ3v) is 5.20. The molecule has 0 saturated heterocycles. The first-order chi connectivity index (χ1) is 11.3. The summed E-state index contributed by atoms with van der Waals surface area (Å²) >= 11 is 0. The molecular weight excluding hydrogens is 336 g/mol. The third-order valence-electron chi connectivity index (χ3n) is 3.75. The molecule has 0 bridgehead atoms. The number of nitrogens with one attached hydrogen (secondary N) is 2. The zero-order valence-corrected chi connectivity index (χ0v) is 13.8. The molecule has 0 spiro atoms. The van der Waals surface area contributed by atoms with Gasteiger partial charge in [0.05, 0.1) is 9.82 Å². The summed E-state index contributed by atoms with van der Waals surface area (Å²) < 4.78 is 26.4. The third kappa shape index (κ3) is 5.25. The Morgan fingerprint density at radius 3 is 2.75 bits per heavy atom. The lowest BCUT2D eigenvalue weighted by atomic mass is 10.2. The number of amides is 1. The summed E-state index contributed by atoms with van der Waals surface area (Å²) in [5.41, 5.74) is 5.54. The monoisotopic (exact) mass is 356 g/mol. The summed E-state index contributed by atoms with van der Waals surface area (Å²) in [5.74, 6) is 0.172. The van der Waals surface area contributed by atoms with Crippen LogP contribution in [0.1, 0.15) is 19.3 Å². The van der Waals surface area contributed by atoms with E-state index in [-0.39, 0.29) is 35.5 Å². The molecule has 1 aliphatic carbocycles. The summed E-state index contributed by atoms with van der Waals surface area (Å²) in [6.07, 6.45) is 2.13. The van der Waals surface area contributed by atoms with E-state index in [9.17, 15) is 23.3 Å². The molecule has 4 N–H and O–H groups in total. The molecule has 1 saturated carbocycles. The molecule has 132 valence electrons. The van der Waals surface area contributed by atoms with Crippen LogP contribution in [0.4, 0.5) is 5.69 Å². The van der Waals surface area contributed by atoms with Gasteiger partial charge in [-0.2, -0.15) is 0 Å². The van der Waals surface area contributed by atoms with Crippen LogP contribution in [0.25, 0.3) is 0 Å². The molecule has 1 amide bonds. The van der Waals surface area contributed by atoms with Crippen LogP contribution >= 0.6 is 0 Å². The van der Waals surface area contributed by atoms with E-state index >= 15 is 0 Å². The van der Waals surface area contributed by atoms with Crippen molar-refractivity contribution in [2.24, 2.45) is 11.7 Å². The minimum absolute atomic E-state index is 0.0362. The van der Waals surface area contributed by atoms with Gasteiger partial charge in [-0.15, -0.1) is 0 Å². The lowest BCUT2D eigenvalue weighted by molar-refractivity contribution is -0.385. The molecule has 2 rings (SSSR count). The summed E-state index contributed by atoms with van der Waals surface area (Å²) in [7, 11) is -3.91. The van der Waals surface area contributed by atoms with Gasteiger partial charge in [-0.3, -0.25) is 14.9 Å². The Labute approximate surface area is 139 Å². The molecule has 1 atom stereocenters. The summed E-state index contributed by atoms with van der Waals surface area (Å²) in [4.78, 5) is 21.5. The maximum absolute atomic E-state index is 12.1. The molecule has 1 aliphatic rings. The lowest BCUT2D eigenvalue weighted by Gasteiger charge is -2.11. The number of nitrogens with zero attached hydrogens (tertiary/aromatic N) is 1. The first-order valence-corrected chi connectivity index (χ1v) is 9.04. The van der Waals surface area contributed by atoms with Gasteiger partial charge in [0.15, 0.2) is 0 Å². The molecule has 9 nitrogen and oxygen atoms in total. The first kappa shape index (κ1) is 18.3. The Kier molecular flexibility index (Phi) is 5.86. The molecular formula is C14H20N4O5S. The van der Waals surface area contributed by atoms with Gasteiger partial charge < -0.3 is 11.1 Å². The van der Waals surface area contributed by atoms with E-state index < -0.39 is 14.9 Å². The number of hydrogen-bond donors (Lipinski definition) is 3. The topological polar surface area (TPSA) is 144 Å². The quantitative estimate of drug-likeness (QED) is 0.423. The zero-order chi connectivity index (χ0) is 17.7. The number of nitro benzene ring substituents is 1. The van der Waals surface area contributed by atoms with Crippen LogP contribution in [0.5, 0.6) is 0 Å². The number of carbonyl (C=O) groups excluding carboxylic acids is 1. The van der Waals surface area contributed by atoms with Crippen LogP contribution in [-0.2, 0) is 14.8 Å². The maximum Gasteiger partial charge on any atom is 0.270 e. The Morgan fingerprint density at radius 2 is 2.12 bits per heavy atom. The molecule has 0 heterocycles. The molecule has 1 unspecified atom stereocenters. The number of nitro groups is 1. The van der Waals surface area contributed by atoms with Crippen LogP contribution < -0.4 is 15.8 Å². The highest BCUT2D eigenvalue weighted by Crippen LogP contribution is 2.31. The second-order valence-electron chi connectivity index (χ2n) is 5.71. The molecule has 1 aromatic rings. The standard InChI is InChI=1S/C14H20N4O5S/c15-13(10-4-5-10)9-16-14(19)6-7-17-24(22,23)12-3-1-2-11(8-12)18(20)21/h1-3,8,10,13,17H,4-7,9,15H2,(H,16,19). The van der Waals surface area contributed by atoms with Crippen LogP contribution in [0.2, 0.25) is 0 Å². The Balaban J connectivity index is 1.80. The highest BCUT2D eigenvalue weighted by Gasteiger charge is 2.28. The van der Waals surface area contributed by atoms with Crippen molar-refractivity contribution < 1.29 is 18.1 Å². The first-order valence-electron chi connectivity index (χ1n) is 7.56. The van der Waals surface area contributed by atoms with Gasteiger partial charge in [0.25, 0.3) is 5.69 Å². The van der Waals surface area contributed by atoms with Crippen molar-refractivity contribution in [3.05, 3.63) is 34.4 Å².